The normalized spacial score (nSPS) is 10.8. The number of fused-ring (bicyclic) bond motifs is 1. The van der Waals surface area contributed by atoms with Gasteiger partial charge in [-0.25, -0.2) is 4.39 Å². The van der Waals surface area contributed by atoms with Crippen LogP contribution in [0.4, 0.5) is 4.39 Å². The minimum absolute atomic E-state index is 0.158. The fourth-order valence-corrected chi connectivity index (χ4v) is 2.24. The Labute approximate surface area is 77.0 Å². The van der Waals surface area contributed by atoms with Crippen molar-refractivity contribution in [1.29, 1.82) is 0 Å². The fourth-order valence-electron chi connectivity index (χ4n) is 1.06. The first-order chi connectivity index (χ1) is 5.70. The number of hydrogen-bond donors (Lipinski definition) is 1. The van der Waals surface area contributed by atoms with E-state index in [2.05, 4.69) is 0 Å². The van der Waals surface area contributed by atoms with Crippen molar-refractivity contribution in [3.05, 3.63) is 28.4 Å². The van der Waals surface area contributed by atoms with Gasteiger partial charge in [-0.3, -0.25) is 0 Å². The van der Waals surface area contributed by atoms with Gasteiger partial charge in [0, 0.05) is 4.70 Å². The van der Waals surface area contributed by atoms with E-state index in [1.807, 2.05) is 0 Å². The predicted octanol–water partition coefficient (Wildman–Crippen LogP) is 3.40. The maximum atomic E-state index is 13.0. The number of thiophene rings is 1. The summed E-state index contributed by atoms with van der Waals surface area (Å²) in [5.41, 5.74) is 0. The average molecular weight is 203 g/mol. The molecule has 1 aromatic heterocycles. The van der Waals surface area contributed by atoms with E-state index in [9.17, 15) is 9.50 Å². The largest absolute Gasteiger partial charge is 0.505 e. The van der Waals surface area contributed by atoms with Gasteiger partial charge in [-0.1, -0.05) is 17.7 Å². The van der Waals surface area contributed by atoms with Crippen LogP contribution in [0.2, 0.25) is 4.34 Å². The lowest BCUT2D eigenvalue weighted by atomic mass is 10.2. The second-order valence-corrected chi connectivity index (χ2v) is 3.99. The lowest BCUT2D eigenvalue weighted by Gasteiger charge is -1.91. The van der Waals surface area contributed by atoms with Gasteiger partial charge in [0.15, 0.2) is 5.75 Å². The number of hydrogen-bond acceptors (Lipinski definition) is 2. The van der Waals surface area contributed by atoms with Crippen LogP contribution in [0.5, 0.6) is 5.75 Å². The summed E-state index contributed by atoms with van der Waals surface area (Å²) in [5, 5.41) is 9.53. The molecular weight excluding hydrogens is 199 g/mol. The van der Waals surface area contributed by atoms with Crippen molar-refractivity contribution >= 4 is 33.0 Å². The lowest BCUT2D eigenvalue weighted by molar-refractivity contribution is 0.481. The van der Waals surface area contributed by atoms with Crippen LogP contribution in [-0.2, 0) is 0 Å². The predicted molar refractivity (Wildman–Crippen MR) is 48.5 cm³/mol. The monoisotopic (exact) mass is 202 g/mol. The Morgan fingerprint density at radius 2 is 2.17 bits per heavy atom. The molecule has 62 valence electrons. The minimum atomic E-state index is -0.437. The van der Waals surface area contributed by atoms with Crippen molar-refractivity contribution in [2.24, 2.45) is 0 Å². The first-order valence-electron chi connectivity index (χ1n) is 3.25. The fraction of sp³-hybridized carbons (Fsp3) is 0. The van der Waals surface area contributed by atoms with E-state index in [0.29, 0.717) is 4.70 Å². The minimum Gasteiger partial charge on any atom is -0.505 e. The van der Waals surface area contributed by atoms with Crippen molar-refractivity contribution in [2.45, 2.75) is 0 Å². The second-order valence-electron chi connectivity index (χ2n) is 2.34. The molecule has 0 aliphatic heterocycles. The number of aromatic hydroxyl groups is 1. The molecule has 0 amide bonds. The quantitative estimate of drug-likeness (QED) is 0.694. The summed E-state index contributed by atoms with van der Waals surface area (Å²) in [6.07, 6.45) is 0. The van der Waals surface area contributed by atoms with Crippen LogP contribution >= 0.6 is 22.9 Å². The Bertz CT molecular complexity index is 438. The molecule has 12 heavy (non-hydrogen) atoms. The molecule has 0 aliphatic carbocycles. The van der Waals surface area contributed by atoms with Gasteiger partial charge in [-0.2, -0.15) is 0 Å². The van der Waals surface area contributed by atoms with E-state index >= 15 is 0 Å². The molecule has 1 aromatic carbocycles. The van der Waals surface area contributed by atoms with Gasteiger partial charge >= 0.3 is 0 Å². The molecule has 0 fully saturated rings. The second kappa shape index (κ2) is 2.61. The van der Waals surface area contributed by atoms with Crippen LogP contribution < -0.4 is 0 Å². The Balaban J connectivity index is 2.97. The third kappa shape index (κ3) is 0.974. The topological polar surface area (TPSA) is 20.2 Å². The van der Waals surface area contributed by atoms with E-state index < -0.39 is 5.82 Å². The Kier molecular flexibility index (Phi) is 1.70. The third-order valence-electron chi connectivity index (χ3n) is 1.60. The summed E-state index contributed by atoms with van der Waals surface area (Å²) < 4.78 is 13.9. The molecule has 0 unspecified atom stereocenters. The SMILES string of the molecule is Oc1c(Cl)sc2cccc(F)c12. The van der Waals surface area contributed by atoms with Gasteiger partial charge in [-0.05, 0) is 12.1 Å². The Hall–Kier alpha value is -0.800. The summed E-state index contributed by atoms with van der Waals surface area (Å²) in [7, 11) is 0. The van der Waals surface area contributed by atoms with E-state index in [1.54, 1.807) is 12.1 Å². The van der Waals surface area contributed by atoms with Crippen molar-refractivity contribution in [2.75, 3.05) is 0 Å². The van der Waals surface area contributed by atoms with E-state index in [0.717, 1.165) is 0 Å². The summed E-state index contributed by atoms with van der Waals surface area (Å²) in [6, 6.07) is 4.60. The molecule has 0 bridgehead atoms. The summed E-state index contributed by atoms with van der Waals surface area (Å²) in [4.78, 5) is 0. The maximum absolute atomic E-state index is 13.0. The Morgan fingerprint density at radius 1 is 1.42 bits per heavy atom. The summed E-state index contributed by atoms with van der Waals surface area (Å²) in [5.74, 6) is -0.595. The van der Waals surface area contributed by atoms with Gasteiger partial charge in [0.25, 0.3) is 0 Å². The molecule has 4 heteroatoms. The molecular formula is C8H4ClFOS. The number of benzene rings is 1. The standard InChI is InChI=1S/C8H4ClFOS/c9-8-7(11)6-4(10)2-1-3-5(6)12-8/h1-3,11H. The number of halogens is 2. The zero-order valence-electron chi connectivity index (χ0n) is 5.84. The first-order valence-corrected chi connectivity index (χ1v) is 4.45. The molecule has 0 radical (unpaired) electrons. The van der Waals surface area contributed by atoms with Crippen LogP contribution in [0, 0.1) is 5.82 Å². The molecule has 2 aromatic rings. The highest BCUT2D eigenvalue weighted by molar-refractivity contribution is 7.23. The number of rotatable bonds is 0. The zero-order valence-corrected chi connectivity index (χ0v) is 7.42. The van der Waals surface area contributed by atoms with Crippen LogP contribution in [0.3, 0.4) is 0 Å². The van der Waals surface area contributed by atoms with Crippen LogP contribution in [-0.4, -0.2) is 5.11 Å². The van der Waals surface area contributed by atoms with Crippen molar-refractivity contribution < 1.29 is 9.50 Å². The molecule has 1 heterocycles. The van der Waals surface area contributed by atoms with Crippen molar-refractivity contribution in [3.63, 3.8) is 0 Å². The molecule has 0 aliphatic rings. The van der Waals surface area contributed by atoms with Crippen LogP contribution in [0.25, 0.3) is 10.1 Å². The zero-order chi connectivity index (χ0) is 8.72. The first kappa shape index (κ1) is 7.83. The van der Waals surface area contributed by atoms with E-state index in [-0.39, 0.29) is 15.5 Å². The molecule has 0 saturated heterocycles. The highest BCUT2D eigenvalue weighted by Crippen LogP contribution is 2.41. The van der Waals surface area contributed by atoms with Crippen molar-refractivity contribution in [3.8, 4) is 5.75 Å². The molecule has 1 N–H and O–H groups in total. The van der Waals surface area contributed by atoms with E-state index in [1.165, 1.54) is 17.4 Å². The molecule has 2 rings (SSSR count). The van der Waals surface area contributed by atoms with E-state index in [4.69, 9.17) is 11.6 Å². The third-order valence-corrected chi connectivity index (χ3v) is 2.94. The Morgan fingerprint density at radius 3 is 2.83 bits per heavy atom. The highest BCUT2D eigenvalue weighted by atomic mass is 35.5. The molecule has 0 saturated carbocycles. The smallest absolute Gasteiger partial charge is 0.155 e. The van der Waals surface area contributed by atoms with Crippen LogP contribution in [0.1, 0.15) is 0 Å². The van der Waals surface area contributed by atoms with Gasteiger partial charge in [0.2, 0.25) is 0 Å². The average Bonchev–Trinajstić information content (AvgIpc) is 2.29. The molecule has 0 spiro atoms. The highest BCUT2D eigenvalue weighted by Gasteiger charge is 2.12. The maximum Gasteiger partial charge on any atom is 0.155 e. The van der Waals surface area contributed by atoms with Gasteiger partial charge < -0.3 is 5.11 Å². The molecule has 0 atom stereocenters. The van der Waals surface area contributed by atoms with Gasteiger partial charge in [0.05, 0.1) is 5.39 Å². The summed E-state index contributed by atoms with van der Waals surface area (Å²) >= 11 is 6.79. The van der Waals surface area contributed by atoms with Gasteiger partial charge in [-0.15, -0.1) is 11.3 Å². The van der Waals surface area contributed by atoms with Gasteiger partial charge in [0.1, 0.15) is 10.2 Å². The molecule has 1 nitrogen and oxygen atoms in total. The lowest BCUT2D eigenvalue weighted by Crippen LogP contribution is -1.72. The summed E-state index contributed by atoms with van der Waals surface area (Å²) in [6.45, 7) is 0. The van der Waals surface area contributed by atoms with Crippen molar-refractivity contribution in [1.82, 2.24) is 0 Å². The van der Waals surface area contributed by atoms with Crippen LogP contribution in [0.15, 0.2) is 18.2 Å².